The molecule has 2 aromatic carbocycles. The summed E-state index contributed by atoms with van der Waals surface area (Å²) in [5, 5.41) is 10.9. The van der Waals surface area contributed by atoms with E-state index in [1.54, 1.807) is 23.1 Å². The first kappa shape index (κ1) is 27.2. The van der Waals surface area contributed by atoms with Crippen LogP contribution in [0.5, 0.6) is 17.2 Å². The molecule has 0 aromatic heterocycles. The average Bonchev–Trinajstić information content (AvgIpc) is 3.21. The van der Waals surface area contributed by atoms with Crippen LogP contribution >= 0.6 is 0 Å². The van der Waals surface area contributed by atoms with Gasteiger partial charge in [0.15, 0.2) is 23.0 Å². The third-order valence-corrected chi connectivity index (χ3v) is 6.78. The first-order valence-electron chi connectivity index (χ1n) is 12.6. The van der Waals surface area contributed by atoms with Crippen LogP contribution in [0.15, 0.2) is 59.9 Å². The Kier molecular flexibility index (Phi) is 9.04. The maximum Gasteiger partial charge on any atom is 0.290 e. The number of ketones is 1. The molecule has 9 nitrogen and oxygen atoms in total. The SMILES string of the molecule is COc1cc(C2C(C(=O)C=Cc3ccccc3)=C(O)C(=O)N2CCCN2CCOCC2)cc(OC)c1OC. The predicted octanol–water partition coefficient (Wildman–Crippen LogP) is 3.41. The number of carbonyl (C=O) groups excluding carboxylic acids is 2. The summed E-state index contributed by atoms with van der Waals surface area (Å²) in [6, 6.07) is 12.0. The molecule has 1 unspecified atom stereocenters. The third kappa shape index (κ3) is 5.84. The van der Waals surface area contributed by atoms with Crippen molar-refractivity contribution in [3.8, 4) is 17.2 Å². The highest BCUT2D eigenvalue weighted by atomic mass is 16.5. The highest BCUT2D eigenvalue weighted by Gasteiger charge is 2.43. The number of ether oxygens (including phenoxy) is 4. The molecule has 2 aliphatic heterocycles. The summed E-state index contributed by atoms with van der Waals surface area (Å²) in [7, 11) is 4.51. The van der Waals surface area contributed by atoms with Crippen LogP contribution < -0.4 is 14.2 Å². The fraction of sp³-hybridized carbons (Fsp3) is 0.379. The Balaban J connectivity index is 1.69. The minimum absolute atomic E-state index is 0.0165. The van der Waals surface area contributed by atoms with E-state index in [9.17, 15) is 14.7 Å². The quantitative estimate of drug-likeness (QED) is 0.449. The van der Waals surface area contributed by atoms with Gasteiger partial charge in [0.1, 0.15) is 0 Å². The molecule has 1 saturated heterocycles. The molecule has 9 heteroatoms. The minimum Gasteiger partial charge on any atom is -0.503 e. The zero-order valence-electron chi connectivity index (χ0n) is 22.0. The van der Waals surface area contributed by atoms with Gasteiger partial charge in [-0.15, -0.1) is 0 Å². The van der Waals surface area contributed by atoms with Crippen LogP contribution in [0.2, 0.25) is 0 Å². The Morgan fingerprint density at radius 2 is 1.68 bits per heavy atom. The van der Waals surface area contributed by atoms with Crippen LogP contribution in [0.3, 0.4) is 0 Å². The molecule has 0 aliphatic carbocycles. The predicted molar refractivity (Wildman–Crippen MR) is 143 cm³/mol. The van der Waals surface area contributed by atoms with Crippen molar-refractivity contribution in [2.75, 3.05) is 60.7 Å². The van der Waals surface area contributed by atoms with E-state index in [0.29, 0.717) is 49.0 Å². The summed E-state index contributed by atoms with van der Waals surface area (Å²) >= 11 is 0. The van der Waals surface area contributed by atoms with Crippen LogP contribution in [0.25, 0.3) is 6.08 Å². The molecule has 1 fully saturated rings. The van der Waals surface area contributed by atoms with Gasteiger partial charge < -0.3 is 29.0 Å². The first-order valence-corrected chi connectivity index (χ1v) is 12.6. The number of aliphatic hydroxyl groups excluding tert-OH is 1. The van der Waals surface area contributed by atoms with E-state index >= 15 is 0 Å². The van der Waals surface area contributed by atoms with Gasteiger partial charge in [-0.3, -0.25) is 14.5 Å². The van der Waals surface area contributed by atoms with Crippen LogP contribution in [-0.4, -0.2) is 87.3 Å². The Labute approximate surface area is 222 Å². The van der Waals surface area contributed by atoms with Crippen LogP contribution in [0.4, 0.5) is 0 Å². The van der Waals surface area contributed by atoms with Gasteiger partial charge in [-0.25, -0.2) is 0 Å². The number of allylic oxidation sites excluding steroid dienone is 1. The number of hydrogen-bond acceptors (Lipinski definition) is 8. The molecular formula is C29H34N2O7. The third-order valence-electron chi connectivity index (χ3n) is 6.78. The summed E-state index contributed by atoms with van der Waals surface area (Å²) in [5.41, 5.74) is 1.42. The molecule has 38 heavy (non-hydrogen) atoms. The van der Waals surface area contributed by atoms with Gasteiger partial charge in [-0.2, -0.15) is 0 Å². The molecule has 202 valence electrons. The van der Waals surface area contributed by atoms with Gasteiger partial charge in [0.05, 0.1) is 46.2 Å². The number of morpholine rings is 1. The minimum atomic E-state index is -0.825. The zero-order valence-corrected chi connectivity index (χ0v) is 22.0. The molecule has 0 radical (unpaired) electrons. The molecule has 1 N–H and O–H groups in total. The number of amides is 1. The second kappa shape index (κ2) is 12.6. The standard InChI is InChI=1S/C29H34N2O7/c1-35-23-18-21(19-24(36-2)28(23)37-3)26-25(22(32)11-10-20-8-5-4-6-9-20)27(33)29(34)31(26)13-7-12-30-14-16-38-17-15-30/h4-6,8-11,18-19,26,33H,7,12-17H2,1-3H3. The van der Waals surface area contributed by atoms with Crippen molar-refractivity contribution in [3.63, 3.8) is 0 Å². The normalized spacial score (nSPS) is 18.3. The van der Waals surface area contributed by atoms with Crippen molar-refractivity contribution in [2.45, 2.75) is 12.5 Å². The molecule has 1 amide bonds. The van der Waals surface area contributed by atoms with Gasteiger partial charge >= 0.3 is 0 Å². The second-order valence-electron chi connectivity index (χ2n) is 9.04. The van der Waals surface area contributed by atoms with Crippen LogP contribution in [-0.2, 0) is 14.3 Å². The average molecular weight is 523 g/mol. The number of hydrogen-bond donors (Lipinski definition) is 1. The maximum absolute atomic E-state index is 13.5. The summed E-state index contributed by atoms with van der Waals surface area (Å²) in [4.78, 5) is 30.6. The van der Waals surface area contributed by atoms with Crippen LogP contribution in [0, 0.1) is 0 Å². The van der Waals surface area contributed by atoms with Crippen molar-refractivity contribution >= 4 is 17.8 Å². The molecule has 2 aromatic rings. The van der Waals surface area contributed by atoms with E-state index in [1.165, 1.54) is 27.4 Å². The zero-order chi connectivity index (χ0) is 27.1. The van der Waals surface area contributed by atoms with Gasteiger partial charge in [0, 0.05) is 26.2 Å². The Morgan fingerprint density at radius 1 is 1.03 bits per heavy atom. The number of carbonyl (C=O) groups is 2. The number of rotatable bonds is 11. The van der Waals surface area contributed by atoms with Gasteiger partial charge in [0.2, 0.25) is 5.75 Å². The summed E-state index contributed by atoms with van der Waals surface area (Å²) in [5.74, 6) is -0.401. The highest BCUT2D eigenvalue weighted by molar-refractivity contribution is 6.14. The van der Waals surface area contributed by atoms with Crippen molar-refractivity contribution < 1.29 is 33.6 Å². The molecule has 0 bridgehead atoms. The molecule has 1 atom stereocenters. The van der Waals surface area contributed by atoms with Crippen molar-refractivity contribution in [1.29, 1.82) is 0 Å². The molecule has 4 rings (SSSR count). The monoisotopic (exact) mass is 522 g/mol. The Morgan fingerprint density at radius 3 is 2.29 bits per heavy atom. The number of aliphatic hydroxyl groups is 1. The van der Waals surface area contributed by atoms with E-state index < -0.39 is 23.5 Å². The van der Waals surface area contributed by atoms with Gasteiger partial charge in [-0.05, 0) is 35.8 Å². The molecule has 0 saturated carbocycles. The van der Waals surface area contributed by atoms with Crippen molar-refractivity contribution in [2.24, 2.45) is 0 Å². The van der Waals surface area contributed by atoms with Crippen molar-refractivity contribution in [3.05, 3.63) is 71.0 Å². The number of nitrogens with zero attached hydrogens (tertiary/aromatic N) is 2. The number of benzene rings is 2. The Bertz CT molecular complexity index is 1180. The second-order valence-corrected chi connectivity index (χ2v) is 9.04. The van der Waals surface area contributed by atoms with E-state index in [2.05, 4.69) is 4.90 Å². The number of methoxy groups -OCH3 is 3. The fourth-order valence-corrected chi connectivity index (χ4v) is 4.86. The summed E-state index contributed by atoms with van der Waals surface area (Å²) in [6.45, 7) is 4.16. The van der Waals surface area contributed by atoms with Gasteiger partial charge in [0.25, 0.3) is 5.91 Å². The van der Waals surface area contributed by atoms with E-state index in [-0.39, 0.29) is 5.57 Å². The molecule has 2 aliphatic rings. The molecule has 2 heterocycles. The lowest BCUT2D eigenvalue weighted by Gasteiger charge is -2.30. The highest BCUT2D eigenvalue weighted by Crippen LogP contribution is 2.45. The fourth-order valence-electron chi connectivity index (χ4n) is 4.86. The van der Waals surface area contributed by atoms with Crippen LogP contribution in [0.1, 0.15) is 23.6 Å². The Hall–Kier alpha value is -3.82. The van der Waals surface area contributed by atoms with E-state index in [0.717, 1.165) is 25.2 Å². The lowest BCUT2D eigenvalue weighted by molar-refractivity contribution is -0.129. The van der Waals surface area contributed by atoms with Gasteiger partial charge in [-0.1, -0.05) is 36.4 Å². The lowest BCUT2D eigenvalue weighted by Crippen LogP contribution is -2.39. The largest absolute Gasteiger partial charge is 0.503 e. The molecular weight excluding hydrogens is 488 g/mol. The smallest absolute Gasteiger partial charge is 0.290 e. The summed E-state index contributed by atoms with van der Waals surface area (Å²) in [6.07, 6.45) is 3.72. The van der Waals surface area contributed by atoms with E-state index in [1.807, 2.05) is 30.3 Å². The summed E-state index contributed by atoms with van der Waals surface area (Å²) < 4.78 is 21.9. The molecule has 0 spiro atoms. The lowest BCUT2D eigenvalue weighted by atomic mass is 9.94. The van der Waals surface area contributed by atoms with Crippen molar-refractivity contribution in [1.82, 2.24) is 9.80 Å². The first-order chi connectivity index (χ1) is 18.5. The maximum atomic E-state index is 13.5. The van der Waals surface area contributed by atoms with E-state index in [4.69, 9.17) is 18.9 Å². The topological polar surface area (TPSA) is 97.8 Å².